The van der Waals surface area contributed by atoms with Crippen molar-refractivity contribution in [3.8, 4) is 0 Å². The lowest BCUT2D eigenvalue weighted by atomic mass is 10.1. The maximum atomic E-state index is 5.53. The molecule has 18 heavy (non-hydrogen) atoms. The van der Waals surface area contributed by atoms with Gasteiger partial charge in [-0.05, 0) is 33.3 Å². The summed E-state index contributed by atoms with van der Waals surface area (Å²) in [6.45, 7) is 8.22. The molecule has 2 aromatic rings. The van der Waals surface area contributed by atoms with Gasteiger partial charge in [0.2, 0.25) is 5.89 Å². The highest BCUT2D eigenvalue weighted by atomic mass is 16.4. The van der Waals surface area contributed by atoms with Gasteiger partial charge in [-0.3, -0.25) is 5.32 Å². The molecule has 2 rings (SSSR count). The molecule has 96 valence electrons. The van der Waals surface area contributed by atoms with Crippen molar-refractivity contribution in [3.63, 3.8) is 0 Å². The Morgan fingerprint density at radius 2 is 1.72 bits per heavy atom. The Hall–Kier alpha value is -1.61. The van der Waals surface area contributed by atoms with E-state index in [0.717, 1.165) is 11.7 Å². The lowest BCUT2D eigenvalue weighted by molar-refractivity contribution is 0.380. The number of aromatic nitrogens is 1. The van der Waals surface area contributed by atoms with Crippen LogP contribution in [0.2, 0.25) is 0 Å². The Kier molecular flexibility index (Phi) is 3.82. The third-order valence-electron chi connectivity index (χ3n) is 3.09. The second-order valence-corrected chi connectivity index (χ2v) is 4.83. The van der Waals surface area contributed by atoms with E-state index < -0.39 is 0 Å². The minimum Gasteiger partial charge on any atom is -0.444 e. The predicted molar refractivity (Wildman–Crippen MR) is 72.4 cm³/mol. The van der Waals surface area contributed by atoms with Crippen molar-refractivity contribution in [1.82, 2.24) is 10.3 Å². The molecule has 0 bridgehead atoms. The lowest BCUT2D eigenvalue weighted by Gasteiger charge is -2.18. The molecule has 0 radical (unpaired) electrons. The van der Waals surface area contributed by atoms with Gasteiger partial charge in [-0.1, -0.05) is 29.8 Å². The number of aryl methyl sites for hydroxylation is 2. The average Bonchev–Trinajstić information content (AvgIpc) is 2.76. The van der Waals surface area contributed by atoms with E-state index in [1.54, 1.807) is 6.20 Å². The van der Waals surface area contributed by atoms with Crippen molar-refractivity contribution in [2.24, 2.45) is 0 Å². The minimum atomic E-state index is 0.106. The summed E-state index contributed by atoms with van der Waals surface area (Å²) in [5.74, 6) is 1.59. The number of nitrogens with zero attached hydrogens (tertiary/aromatic N) is 1. The van der Waals surface area contributed by atoms with Crippen molar-refractivity contribution in [2.45, 2.75) is 39.8 Å². The van der Waals surface area contributed by atoms with Crippen LogP contribution in [0.15, 0.2) is 34.9 Å². The fourth-order valence-corrected chi connectivity index (χ4v) is 1.97. The van der Waals surface area contributed by atoms with Crippen LogP contribution in [0.3, 0.4) is 0 Å². The van der Waals surface area contributed by atoms with E-state index in [9.17, 15) is 0 Å². The molecular weight excluding hydrogens is 224 g/mol. The number of benzene rings is 1. The third kappa shape index (κ3) is 2.99. The van der Waals surface area contributed by atoms with Gasteiger partial charge in [0.1, 0.15) is 5.76 Å². The van der Waals surface area contributed by atoms with Crippen molar-refractivity contribution in [1.29, 1.82) is 0 Å². The average molecular weight is 244 g/mol. The van der Waals surface area contributed by atoms with Gasteiger partial charge in [0.15, 0.2) is 0 Å². The van der Waals surface area contributed by atoms with Crippen LogP contribution in [-0.2, 0) is 0 Å². The smallest absolute Gasteiger partial charge is 0.211 e. The standard InChI is InChI=1S/C15H20N2O/c1-10-5-7-14(8-6-10)12(3)17-13(4)15-16-9-11(2)18-15/h5-9,12-13,17H,1-4H3. The predicted octanol–water partition coefficient (Wildman–Crippen LogP) is 3.70. The van der Waals surface area contributed by atoms with Crippen LogP contribution in [0.5, 0.6) is 0 Å². The van der Waals surface area contributed by atoms with Gasteiger partial charge in [0, 0.05) is 6.04 Å². The monoisotopic (exact) mass is 244 g/mol. The molecule has 0 saturated carbocycles. The second-order valence-electron chi connectivity index (χ2n) is 4.83. The molecule has 1 aromatic carbocycles. The van der Waals surface area contributed by atoms with E-state index in [-0.39, 0.29) is 12.1 Å². The summed E-state index contributed by atoms with van der Waals surface area (Å²) in [5.41, 5.74) is 2.55. The Bertz CT molecular complexity index is 501. The summed E-state index contributed by atoms with van der Waals surface area (Å²) in [6, 6.07) is 8.95. The molecule has 3 nitrogen and oxygen atoms in total. The Morgan fingerprint density at radius 1 is 1.06 bits per heavy atom. The maximum Gasteiger partial charge on any atom is 0.211 e. The summed E-state index contributed by atoms with van der Waals surface area (Å²) >= 11 is 0. The molecule has 2 atom stereocenters. The van der Waals surface area contributed by atoms with Crippen LogP contribution in [-0.4, -0.2) is 4.98 Å². The number of oxazole rings is 1. The highest BCUT2D eigenvalue weighted by molar-refractivity contribution is 5.23. The zero-order valence-corrected chi connectivity index (χ0v) is 11.4. The van der Waals surface area contributed by atoms with Crippen molar-refractivity contribution in [2.75, 3.05) is 0 Å². The van der Waals surface area contributed by atoms with E-state index in [0.29, 0.717) is 0 Å². The van der Waals surface area contributed by atoms with E-state index in [1.807, 2.05) is 6.92 Å². The molecule has 1 N–H and O–H groups in total. The first kappa shape index (κ1) is 12.8. The van der Waals surface area contributed by atoms with Gasteiger partial charge in [0.05, 0.1) is 12.2 Å². The van der Waals surface area contributed by atoms with Gasteiger partial charge in [-0.15, -0.1) is 0 Å². The molecule has 3 heteroatoms. The van der Waals surface area contributed by atoms with Crippen LogP contribution in [0, 0.1) is 13.8 Å². The van der Waals surface area contributed by atoms with Gasteiger partial charge >= 0.3 is 0 Å². The lowest BCUT2D eigenvalue weighted by Crippen LogP contribution is -2.22. The molecule has 0 amide bonds. The molecule has 0 aliphatic heterocycles. The third-order valence-corrected chi connectivity index (χ3v) is 3.09. The molecule has 1 aromatic heterocycles. The minimum absolute atomic E-state index is 0.106. The summed E-state index contributed by atoms with van der Waals surface area (Å²) in [6.07, 6.45) is 1.75. The first-order valence-corrected chi connectivity index (χ1v) is 6.31. The Labute approximate surface area is 108 Å². The number of hydrogen-bond donors (Lipinski definition) is 1. The van der Waals surface area contributed by atoms with E-state index in [2.05, 4.69) is 55.3 Å². The van der Waals surface area contributed by atoms with E-state index in [1.165, 1.54) is 11.1 Å². The van der Waals surface area contributed by atoms with Crippen molar-refractivity contribution in [3.05, 3.63) is 53.2 Å². The highest BCUT2D eigenvalue weighted by Crippen LogP contribution is 2.19. The van der Waals surface area contributed by atoms with E-state index in [4.69, 9.17) is 4.42 Å². The van der Waals surface area contributed by atoms with Gasteiger partial charge in [-0.25, -0.2) is 4.98 Å². The molecule has 2 unspecified atom stereocenters. The van der Waals surface area contributed by atoms with Crippen LogP contribution >= 0.6 is 0 Å². The van der Waals surface area contributed by atoms with Crippen molar-refractivity contribution >= 4 is 0 Å². The van der Waals surface area contributed by atoms with E-state index >= 15 is 0 Å². The number of hydrogen-bond acceptors (Lipinski definition) is 3. The fraction of sp³-hybridized carbons (Fsp3) is 0.400. The molecule has 0 aliphatic carbocycles. The first-order valence-electron chi connectivity index (χ1n) is 6.31. The second kappa shape index (κ2) is 5.36. The quantitative estimate of drug-likeness (QED) is 0.891. The Morgan fingerprint density at radius 3 is 2.28 bits per heavy atom. The van der Waals surface area contributed by atoms with Gasteiger partial charge < -0.3 is 4.42 Å². The normalized spacial score (nSPS) is 14.4. The summed E-state index contributed by atoms with van der Waals surface area (Å²) < 4.78 is 5.53. The maximum absolute atomic E-state index is 5.53. The fourth-order valence-electron chi connectivity index (χ4n) is 1.97. The first-order chi connectivity index (χ1) is 8.56. The van der Waals surface area contributed by atoms with Crippen LogP contribution < -0.4 is 5.32 Å². The molecule has 0 saturated heterocycles. The number of rotatable bonds is 4. The van der Waals surface area contributed by atoms with Gasteiger partial charge in [-0.2, -0.15) is 0 Å². The van der Waals surface area contributed by atoms with Crippen LogP contribution in [0.4, 0.5) is 0 Å². The topological polar surface area (TPSA) is 38.1 Å². The zero-order valence-electron chi connectivity index (χ0n) is 11.4. The summed E-state index contributed by atoms with van der Waals surface area (Å²) in [5, 5.41) is 3.49. The summed E-state index contributed by atoms with van der Waals surface area (Å²) in [4.78, 5) is 4.25. The Balaban J connectivity index is 2.02. The number of nitrogens with one attached hydrogen (secondary N) is 1. The van der Waals surface area contributed by atoms with Crippen LogP contribution in [0.25, 0.3) is 0 Å². The SMILES string of the molecule is Cc1ccc(C(C)NC(C)c2ncc(C)o2)cc1. The van der Waals surface area contributed by atoms with Crippen molar-refractivity contribution < 1.29 is 4.42 Å². The molecule has 0 spiro atoms. The molecule has 0 fully saturated rings. The molecule has 0 aliphatic rings. The molecular formula is C15H20N2O. The zero-order chi connectivity index (χ0) is 13.1. The largest absolute Gasteiger partial charge is 0.444 e. The van der Waals surface area contributed by atoms with Gasteiger partial charge in [0.25, 0.3) is 0 Å². The van der Waals surface area contributed by atoms with Crippen LogP contribution in [0.1, 0.15) is 48.7 Å². The summed E-state index contributed by atoms with van der Waals surface area (Å²) in [7, 11) is 0. The molecule has 1 heterocycles. The highest BCUT2D eigenvalue weighted by Gasteiger charge is 2.14.